The summed E-state index contributed by atoms with van der Waals surface area (Å²) in [6.07, 6.45) is 2.56. The second-order valence-electron chi connectivity index (χ2n) is 4.65. The molecule has 1 nitrogen and oxygen atoms in total. The average Bonchev–Trinajstić information content (AvgIpc) is 2.88. The lowest BCUT2D eigenvalue weighted by atomic mass is 10.1. The van der Waals surface area contributed by atoms with Gasteiger partial charge >= 0.3 is 0 Å². The number of halogens is 2. The third-order valence-corrected chi connectivity index (χ3v) is 3.22. The maximum absolute atomic E-state index is 13.4. The summed E-state index contributed by atoms with van der Waals surface area (Å²) in [4.78, 5) is 0. The van der Waals surface area contributed by atoms with Crippen LogP contribution in [0.3, 0.4) is 0 Å². The highest BCUT2D eigenvalue weighted by Crippen LogP contribution is 2.44. The molecular weight excluding hydrogens is 213 g/mol. The van der Waals surface area contributed by atoms with E-state index in [4.69, 9.17) is 11.6 Å². The number of nitrogens with one attached hydrogen (secondary N) is 1. The second-order valence-corrected chi connectivity index (χ2v) is 5.09. The molecule has 15 heavy (non-hydrogen) atoms. The Balaban J connectivity index is 1.87. The Bertz CT molecular complexity index is 361. The van der Waals surface area contributed by atoms with Gasteiger partial charge in [0.25, 0.3) is 0 Å². The number of hydrogen-bond acceptors (Lipinski definition) is 1. The van der Waals surface area contributed by atoms with Crippen LogP contribution in [-0.4, -0.2) is 6.54 Å². The van der Waals surface area contributed by atoms with Crippen LogP contribution in [0, 0.1) is 11.2 Å². The van der Waals surface area contributed by atoms with Crippen LogP contribution < -0.4 is 5.32 Å². The molecule has 2 rings (SSSR count). The predicted octanol–water partition coefficient (Wildman–Crippen LogP) is 3.37. The van der Waals surface area contributed by atoms with Crippen molar-refractivity contribution in [2.45, 2.75) is 26.3 Å². The summed E-state index contributed by atoms with van der Waals surface area (Å²) < 4.78 is 13.4. The molecule has 82 valence electrons. The first-order chi connectivity index (χ1) is 7.09. The van der Waals surface area contributed by atoms with E-state index in [2.05, 4.69) is 12.2 Å². The standard InChI is InChI=1S/C12H15ClFN/c1-12(4-5-12)8-15-7-9-2-3-10(13)6-11(9)14/h2-3,6,15H,4-5,7-8H2,1H3. The van der Waals surface area contributed by atoms with Crippen LogP contribution >= 0.6 is 11.6 Å². The molecule has 0 bridgehead atoms. The third kappa shape index (κ3) is 2.93. The lowest BCUT2D eigenvalue weighted by molar-refractivity contribution is 0.491. The highest BCUT2D eigenvalue weighted by atomic mass is 35.5. The van der Waals surface area contributed by atoms with Crippen molar-refractivity contribution in [3.05, 3.63) is 34.6 Å². The summed E-state index contributed by atoms with van der Waals surface area (Å²) in [6.45, 7) is 3.80. The molecule has 1 aliphatic rings. The van der Waals surface area contributed by atoms with Crippen molar-refractivity contribution in [1.29, 1.82) is 0 Å². The van der Waals surface area contributed by atoms with Crippen molar-refractivity contribution < 1.29 is 4.39 Å². The Morgan fingerprint density at radius 2 is 2.20 bits per heavy atom. The topological polar surface area (TPSA) is 12.0 Å². The van der Waals surface area contributed by atoms with Crippen molar-refractivity contribution in [1.82, 2.24) is 5.32 Å². The van der Waals surface area contributed by atoms with Crippen LogP contribution in [-0.2, 0) is 6.54 Å². The SMILES string of the molecule is CC1(CNCc2ccc(Cl)cc2F)CC1. The van der Waals surface area contributed by atoms with Crippen LogP contribution in [0.2, 0.25) is 5.02 Å². The van der Waals surface area contributed by atoms with Crippen molar-refractivity contribution >= 4 is 11.6 Å². The lowest BCUT2D eigenvalue weighted by Gasteiger charge is -2.10. The minimum absolute atomic E-state index is 0.226. The monoisotopic (exact) mass is 227 g/mol. The highest BCUT2D eigenvalue weighted by Gasteiger charge is 2.36. The van der Waals surface area contributed by atoms with E-state index in [9.17, 15) is 4.39 Å². The van der Waals surface area contributed by atoms with E-state index in [1.807, 2.05) is 0 Å². The van der Waals surface area contributed by atoms with Crippen LogP contribution in [0.4, 0.5) is 4.39 Å². The Kier molecular flexibility index (Phi) is 2.98. The van der Waals surface area contributed by atoms with E-state index in [1.54, 1.807) is 12.1 Å². The van der Waals surface area contributed by atoms with Crippen LogP contribution in [0.25, 0.3) is 0 Å². The molecule has 1 saturated carbocycles. The largest absolute Gasteiger partial charge is 0.312 e. The molecular formula is C12H15ClFN. The molecule has 0 spiro atoms. The summed E-state index contributed by atoms with van der Waals surface area (Å²) in [6, 6.07) is 4.82. The number of rotatable bonds is 4. The molecule has 0 amide bonds. The van der Waals surface area contributed by atoms with Crippen LogP contribution in [0.5, 0.6) is 0 Å². The van der Waals surface area contributed by atoms with Gasteiger partial charge in [-0.15, -0.1) is 0 Å². The second kappa shape index (κ2) is 4.11. The van der Waals surface area contributed by atoms with E-state index in [-0.39, 0.29) is 5.82 Å². The summed E-state index contributed by atoms with van der Waals surface area (Å²) >= 11 is 5.67. The van der Waals surface area contributed by atoms with Gasteiger partial charge in [0.2, 0.25) is 0 Å². The van der Waals surface area contributed by atoms with E-state index in [1.165, 1.54) is 18.9 Å². The average molecular weight is 228 g/mol. The Labute approximate surface area is 94.6 Å². The van der Waals surface area contributed by atoms with E-state index in [0.29, 0.717) is 22.5 Å². The lowest BCUT2D eigenvalue weighted by Crippen LogP contribution is -2.21. The first-order valence-corrected chi connectivity index (χ1v) is 5.62. The molecule has 1 aliphatic carbocycles. The van der Waals surface area contributed by atoms with E-state index >= 15 is 0 Å². The van der Waals surface area contributed by atoms with Gasteiger partial charge in [-0.05, 0) is 30.4 Å². The third-order valence-electron chi connectivity index (χ3n) is 2.99. The van der Waals surface area contributed by atoms with E-state index in [0.717, 1.165) is 6.54 Å². The maximum atomic E-state index is 13.4. The minimum atomic E-state index is -0.226. The normalized spacial score (nSPS) is 17.8. The highest BCUT2D eigenvalue weighted by molar-refractivity contribution is 6.30. The van der Waals surface area contributed by atoms with Gasteiger partial charge in [-0.25, -0.2) is 4.39 Å². The Morgan fingerprint density at radius 1 is 1.47 bits per heavy atom. The summed E-state index contributed by atoms with van der Waals surface area (Å²) in [5.74, 6) is -0.226. The van der Waals surface area contributed by atoms with Crippen molar-refractivity contribution in [3.8, 4) is 0 Å². The summed E-state index contributed by atoms with van der Waals surface area (Å²) in [5, 5.41) is 3.73. The molecule has 0 aliphatic heterocycles. The minimum Gasteiger partial charge on any atom is -0.312 e. The molecule has 1 fully saturated rings. The van der Waals surface area contributed by atoms with Gasteiger partial charge in [-0.1, -0.05) is 24.6 Å². The first-order valence-electron chi connectivity index (χ1n) is 5.24. The Morgan fingerprint density at radius 3 is 2.80 bits per heavy atom. The molecule has 0 radical (unpaired) electrons. The molecule has 1 aromatic carbocycles. The molecule has 0 atom stereocenters. The zero-order chi connectivity index (χ0) is 10.9. The predicted molar refractivity (Wildman–Crippen MR) is 60.5 cm³/mol. The fourth-order valence-electron chi connectivity index (χ4n) is 1.55. The Hall–Kier alpha value is -0.600. The fourth-order valence-corrected chi connectivity index (χ4v) is 1.71. The van der Waals surface area contributed by atoms with Gasteiger partial charge in [0.15, 0.2) is 0 Å². The first kappa shape index (κ1) is 10.9. The summed E-state index contributed by atoms with van der Waals surface area (Å²) in [5.41, 5.74) is 1.15. The molecule has 0 heterocycles. The van der Waals surface area contributed by atoms with Crippen LogP contribution in [0.15, 0.2) is 18.2 Å². The quantitative estimate of drug-likeness (QED) is 0.832. The molecule has 3 heteroatoms. The zero-order valence-corrected chi connectivity index (χ0v) is 9.57. The molecule has 1 N–H and O–H groups in total. The van der Waals surface area contributed by atoms with Gasteiger partial charge in [-0.2, -0.15) is 0 Å². The molecule has 0 aromatic heterocycles. The molecule has 0 saturated heterocycles. The van der Waals surface area contributed by atoms with Gasteiger partial charge in [0.1, 0.15) is 5.82 Å². The van der Waals surface area contributed by atoms with Gasteiger partial charge < -0.3 is 5.32 Å². The van der Waals surface area contributed by atoms with Crippen molar-refractivity contribution in [2.24, 2.45) is 5.41 Å². The maximum Gasteiger partial charge on any atom is 0.129 e. The molecule has 1 aromatic rings. The zero-order valence-electron chi connectivity index (χ0n) is 8.82. The van der Waals surface area contributed by atoms with Gasteiger partial charge in [0, 0.05) is 23.7 Å². The number of hydrogen-bond donors (Lipinski definition) is 1. The van der Waals surface area contributed by atoms with Crippen LogP contribution in [0.1, 0.15) is 25.3 Å². The molecule has 0 unspecified atom stereocenters. The van der Waals surface area contributed by atoms with Crippen molar-refractivity contribution in [2.75, 3.05) is 6.54 Å². The number of benzene rings is 1. The van der Waals surface area contributed by atoms with Gasteiger partial charge in [-0.3, -0.25) is 0 Å². The smallest absolute Gasteiger partial charge is 0.129 e. The fraction of sp³-hybridized carbons (Fsp3) is 0.500. The van der Waals surface area contributed by atoms with E-state index < -0.39 is 0 Å². The van der Waals surface area contributed by atoms with Gasteiger partial charge in [0.05, 0.1) is 0 Å². The summed E-state index contributed by atoms with van der Waals surface area (Å²) in [7, 11) is 0. The van der Waals surface area contributed by atoms with Crippen molar-refractivity contribution in [3.63, 3.8) is 0 Å².